The Kier molecular flexibility index (Phi) is 4.42. The predicted molar refractivity (Wildman–Crippen MR) is 74.6 cm³/mol. The lowest BCUT2D eigenvalue weighted by atomic mass is 10.1. The molecule has 0 aliphatic rings. The van der Waals surface area contributed by atoms with Gasteiger partial charge in [-0.2, -0.15) is 5.10 Å². The summed E-state index contributed by atoms with van der Waals surface area (Å²) in [5, 5.41) is 8.45. The van der Waals surface area contributed by atoms with E-state index in [1.807, 2.05) is 24.6 Å². The van der Waals surface area contributed by atoms with E-state index in [1.165, 1.54) is 11.5 Å². The van der Waals surface area contributed by atoms with Crippen molar-refractivity contribution >= 4 is 17.3 Å². The van der Waals surface area contributed by atoms with Gasteiger partial charge >= 0.3 is 0 Å². The Hall–Kier alpha value is -1.56. The second-order valence-corrected chi connectivity index (χ2v) is 5.05. The van der Waals surface area contributed by atoms with Crippen molar-refractivity contribution in [2.45, 2.75) is 46.6 Å². The van der Waals surface area contributed by atoms with Crippen LogP contribution < -0.4 is 0 Å². The van der Waals surface area contributed by atoms with E-state index in [1.54, 1.807) is 0 Å². The van der Waals surface area contributed by atoms with Crippen LogP contribution >= 0.6 is 11.5 Å². The number of aromatic nitrogens is 4. The van der Waals surface area contributed by atoms with Crippen molar-refractivity contribution in [1.82, 2.24) is 19.4 Å². The molecule has 6 heteroatoms. The number of aryl methyl sites for hydroxylation is 3. The lowest BCUT2D eigenvalue weighted by Crippen LogP contribution is -2.10. The summed E-state index contributed by atoms with van der Waals surface area (Å²) in [7, 11) is 0. The number of nitrogens with zero attached hydrogens (tertiary/aromatic N) is 4. The van der Waals surface area contributed by atoms with E-state index >= 15 is 0 Å². The van der Waals surface area contributed by atoms with Gasteiger partial charge in [0, 0.05) is 12.2 Å². The predicted octanol–water partition coefficient (Wildman–Crippen LogP) is 2.30. The second-order valence-electron chi connectivity index (χ2n) is 4.30. The van der Waals surface area contributed by atoms with Gasteiger partial charge in [0.15, 0.2) is 5.78 Å². The van der Waals surface area contributed by atoms with Gasteiger partial charge in [0.25, 0.3) is 0 Å². The van der Waals surface area contributed by atoms with Crippen LogP contribution in [0, 0.1) is 0 Å². The molecule has 19 heavy (non-hydrogen) atoms. The Bertz CT molecular complexity index is 573. The van der Waals surface area contributed by atoms with Crippen LogP contribution in [0.2, 0.25) is 0 Å². The Morgan fingerprint density at radius 3 is 2.74 bits per heavy atom. The molecule has 2 aromatic heterocycles. The average molecular weight is 278 g/mol. The fourth-order valence-electron chi connectivity index (χ4n) is 2.00. The topological polar surface area (TPSA) is 60.7 Å². The molecule has 0 aliphatic heterocycles. The Balaban J connectivity index is 2.21. The molecule has 102 valence electrons. The monoisotopic (exact) mass is 278 g/mol. The summed E-state index contributed by atoms with van der Waals surface area (Å²) >= 11 is 1.19. The first kappa shape index (κ1) is 13.9. The molecular weight excluding hydrogens is 260 g/mol. The maximum Gasteiger partial charge on any atom is 0.182 e. The molecule has 2 aromatic rings. The zero-order valence-electron chi connectivity index (χ0n) is 11.5. The van der Waals surface area contributed by atoms with Crippen LogP contribution in [0.4, 0.5) is 0 Å². The van der Waals surface area contributed by atoms with E-state index in [-0.39, 0.29) is 5.78 Å². The number of ketones is 1. The molecule has 0 amide bonds. The van der Waals surface area contributed by atoms with Crippen molar-refractivity contribution in [2.75, 3.05) is 0 Å². The van der Waals surface area contributed by atoms with Gasteiger partial charge in [-0.05, 0) is 37.4 Å². The van der Waals surface area contributed by atoms with Crippen molar-refractivity contribution in [3.05, 3.63) is 28.0 Å². The molecule has 2 heterocycles. The summed E-state index contributed by atoms with van der Waals surface area (Å²) in [6, 6.07) is 2.02. The Morgan fingerprint density at radius 1 is 1.32 bits per heavy atom. The van der Waals surface area contributed by atoms with Gasteiger partial charge < -0.3 is 0 Å². The van der Waals surface area contributed by atoms with Crippen LogP contribution in [-0.4, -0.2) is 25.2 Å². The van der Waals surface area contributed by atoms with E-state index in [2.05, 4.69) is 21.6 Å². The molecule has 0 saturated carbocycles. The quantitative estimate of drug-likeness (QED) is 0.761. The van der Waals surface area contributed by atoms with Gasteiger partial charge in [-0.3, -0.25) is 9.48 Å². The molecule has 2 rings (SSSR count). The van der Waals surface area contributed by atoms with Crippen LogP contribution in [0.3, 0.4) is 0 Å². The van der Waals surface area contributed by atoms with Crippen molar-refractivity contribution in [1.29, 1.82) is 0 Å². The minimum absolute atomic E-state index is 0.0871. The Labute approximate surface area is 116 Å². The fourth-order valence-corrected chi connectivity index (χ4v) is 2.69. The smallest absolute Gasteiger partial charge is 0.182 e. The van der Waals surface area contributed by atoms with E-state index in [9.17, 15) is 4.79 Å². The van der Waals surface area contributed by atoms with Gasteiger partial charge in [0.1, 0.15) is 4.88 Å². The minimum atomic E-state index is 0.0871. The number of hydrogen-bond acceptors (Lipinski definition) is 5. The number of hydrogen-bond donors (Lipinski definition) is 0. The van der Waals surface area contributed by atoms with Gasteiger partial charge in [-0.1, -0.05) is 18.3 Å². The van der Waals surface area contributed by atoms with Crippen molar-refractivity contribution in [3.8, 4) is 0 Å². The molecule has 0 radical (unpaired) electrons. The molecule has 0 unspecified atom stereocenters. The second kappa shape index (κ2) is 6.06. The molecule has 0 atom stereocenters. The van der Waals surface area contributed by atoms with Crippen LogP contribution in [0.1, 0.15) is 47.5 Å². The fraction of sp³-hybridized carbons (Fsp3) is 0.538. The van der Waals surface area contributed by atoms with Crippen molar-refractivity contribution in [2.24, 2.45) is 0 Å². The number of Topliss-reactive ketones (excluding diaryl/α,β-unsaturated/α-hetero) is 1. The maximum atomic E-state index is 12.3. The largest absolute Gasteiger partial charge is 0.293 e. The highest BCUT2D eigenvalue weighted by Gasteiger charge is 2.17. The first-order valence-corrected chi connectivity index (χ1v) is 7.36. The van der Waals surface area contributed by atoms with Crippen LogP contribution in [-0.2, 0) is 25.8 Å². The van der Waals surface area contributed by atoms with Crippen molar-refractivity contribution < 1.29 is 4.79 Å². The van der Waals surface area contributed by atoms with Crippen LogP contribution in [0.15, 0.2) is 6.07 Å². The van der Waals surface area contributed by atoms with Gasteiger partial charge in [0.05, 0.1) is 17.8 Å². The maximum absolute atomic E-state index is 12.3. The molecular formula is C13H18N4OS. The highest BCUT2D eigenvalue weighted by Crippen LogP contribution is 2.16. The van der Waals surface area contributed by atoms with Gasteiger partial charge in [-0.15, -0.1) is 5.10 Å². The van der Waals surface area contributed by atoms with E-state index in [0.29, 0.717) is 11.3 Å². The summed E-state index contributed by atoms with van der Waals surface area (Å²) in [4.78, 5) is 13.0. The summed E-state index contributed by atoms with van der Waals surface area (Å²) in [5.41, 5.74) is 2.80. The van der Waals surface area contributed by atoms with E-state index < -0.39 is 0 Å². The summed E-state index contributed by atoms with van der Waals surface area (Å²) in [6.07, 6.45) is 2.00. The molecule has 0 fully saturated rings. The third-order valence-electron chi connectivity index (χ3n) is 3.06. The lowest BCUT2D eigenvalue weighted by Gasteiger charge is -2.03. The van der Waals surface area contributed by atoms with E-state index in [4.69, 9.17) is 0 Å². The third-order valence-corrected chi connectivity index (χ3v) is 3.87. The number of rotatable bonds is 6. The van der Waals surface area contributed by atoms with Crippen LogP contribution in [0.25, 0.3) is 0 Å². The molecule has 0 saturated heterocycles. The highest BCUT2D eigenvalue weighted by atomic mass is 32.1. The zero-order valence-corrected chi connectivity index (χ0v) is 12.3. The summed E-state index contributed by atoms with van der Waals surface area (Å²) < 4.78 is 5.77. The summed E-state index contributed by atoms with van der Waals surface area (Å²) in [5.74, 6) is 0.0871. The molecule has 0 aliphatic carbocycles. The van der Waals surface area contributed by atoms with Gasteiger partial charge in [0.2, 0.25) is 0 Å². The van der Waals surface area contributed by atoms with Crippen molar-refractivity contribution in [3.63, 3.8) is 0 Å². The first-order chi connectivity index (χ1) is 9.19. The molecule has 0 spiro atoms. The number of carbonyl (C=O) groups excluding carboxylic acids is 1. The molecule has 0 aromatic carbocycles. The molecule has 5 nitrogen and oxygen atoms in total. The Morgan fingerprint density at radius 2 is 2.11 bits per heavy atom. The standard InChI is InChI=1S/C13H18N4OS/c1-4-9-7-10(17(6-3)15-9)8-12(18)13-11(5-2)14-16-19-13/h7H,4-6,8H2,1-3H3. The zero-order chi connectivity index (χ0) is 13.8. The lowest BCUT2D eigenvalue weighted by molar-refractivity contribution is 0.0993. The normalized spacial score (nSPS) is 10.9. The third kappa shape index (κ3) is 2.89. The number of carbonyl (C=O) groups is 1. The molecule has 0 bridgehead atoms. The first-order valence-electron chi connectivity index (χ1n) is 6.59. The SMILES string of the molecule is CCc1cc(CC(=O)c2snnc2CC)n(CC)n1. The summed E-state index contributed by atoms with van der Waals surface area (Å²) in [6.45, 7) is 6.87. The minimum Gasteiger partial charge on any atom is -0.293 e. The van der Waals surface area contributed by atoms with Crippen LogP contribution in [0.5, 0.6) is 0 Å². The molecule has 0 N–H and O–H groups in total. The highest BCUT2D eigenvalue weighted by molar-refractivity contribution is 7.08. The van der Waals surface area contributed by atoms with Gasteiger partial charge in [-0.25, -0.2) is 0 Å². The van der Waals surface area contributed by atoms with E-state index in [0.717, 1.165) is 36.5 Å². The average Bonchev–Trinajstić information content (AvgIpc) is 3.04.